The molecule has 0 saturated carbocycles. The smallest absolute Gasteiger partial charge is 0.228 e. The number of ether oxygens (including phenoxy) is 2. The number of anilines is 3. The summed E-state index contributed by atoms with van der Waals surface area (Å²) in [5.41, 5.74) is 2.34. The standard InChI is InChI=1S/C37H44F2N8O4/c1-3-35(26(2)48)47-36(49)46(25-42-47)31-7-5-29(6-8-31)43-14-16-44(17-15-43)30-9-11-32(12-10-30)50-20-27-19-37(51-21-27,22-45-24-40-23-41-45)33-13-4-28(38)18-34(33)39/h4-13,18,23-27,35-36,48-49H,3,14-17,19-22H2,1-2H3/t26-,27+,35?,36?,37-/m0/s1. The van der Waals surface area contributed by atoms with E-state index in [0.717, 1.165) is 55.1 Å². The first-order valence-electron chi connectivity index (χ1n) is 17.4. The Labute approximate surface area is 296 Å². The Morgan fingerprint density at radius 2 is 1.63 bits per heavy atom. The van der Waals surface area contributed by atoms with Gasteiger partial charge in [0.1, 0.15) is 42.0 Å². The van der Waals surface area contributed by atoms with Crippen LogP contribution in [0, 0.1) is 17.6 Å². The summed E-state index contributed by atoms with van der Waals surface area (Å²) in [5.74, 6) is -0.547. The molecule has 0 radical (unpaired) electrons. The summed E-state index contributed by atoms with van der Waals surface area (Å²) in [6, 6.07) is 19.5. The number of aromatic nitrogens is 3. The molecule has 2 fully saturated rings. The molecule has 0 bridgehead atoms. The van der Waals surface area contributed by atoms with Crippen LogP contribution in [0.5, 0.6) is 5.75 Å². The molecule has 3 aromatic carbocycles. The molecular weight excluding hydrogens is 658 g/mol. The van der Waals surface area contributed by atoms with Gasteiger partial charge in [-0.15, -0.1) is 0 Å². The number of aliphatic hydroxyl groups excluding tert-OH is 2. The molecule has 2 unspecified atom stereocenters. The number of hydrazone groups is 1. The molecule has 2 saturated heterocycles. The fourth-order valence-corrected chi connectivity index (χ4v) is 7.38. The highest BCUT2D eigenvalue weighted by molar-refractivity contribution is 5.81. The Kier molecular flexibility index (Phi) is 10.1. The van der Waals surface area contributed by atoms with Crippen LogP contribution in [0.3, 0.4) is 0 Å². The molecule has 0 amide bonds. The maximum absolute atomic E-state index is 15.0. The molecule has 4 heterocycles. The molecule has 270 valence electrons. The Bertz CT molecular complexity index is 1770. The summed E-state index contributed by atoms with van der Waals surface area (Å²) >= 11 is 0. The lowest BCUT2D eigenvalue weighted by Gasteiger charge is -2.37. The van der Waals surface area contributed by atoms with E-state index in [0.29, 0.717) is 31.6 Å². The van der Waals surface area contributed by atoms with Crippen molar-refractivity contribution in [1.82, 2.24) is 19.8 Å². The third-order valence-electron chi connectivity index (χ3n) is 10.1. The molecule has 3 aliphatic heterocycles. The number of halogens is 2. The molecular formula is C37H44F2N8O4. The highest BCUT2D eigenvalue weighted by atomic mass is 19.1. The summed E-state index contributed by atoms with van der Waals surface area (Å²) in [6.45, 7) is 8.12. The van der Waals surface area contributed by atoms with E-state index in [9.17, 15) is 19.0 Å². The van der Waals surface area contributed by atoms with Gasteiger partial charge in [0, 0.05) is 60.8 Å². The van der Waals surface area contributed by atoms with Crippen LogP contribution in [0.15, 0.2) is 84.5 Å². The summed E-state index contributed by atoms with van der Waals surface area (Å²) in [4.78, 5) is 10.4. The van der Waals surface area contributed by atoms with Crippen molar-refractivity contribution >= 4 is 23.4 Å². The Morgan fingerprint density at radius 3 is 2.24 bits per heavy atom. The van der Waals surface area contributed by atoms with Gasteiger partial charge in [-0.05, 0) is 74.4 Å². The first kappa shape index (κ1) is 34.6. The molecule has 12 nitrogen and oxygen atoms in total. The van der Waals surface area contributed by atoms with Gasteiger partial charge in [0.15, 0.2) is 0 Å². The molecule has 0 aliphatic carbocycles. The lowest BCUT2D eigenvalue weighted by Crippen LogP contribution is -2.48. The first-order chi connectivity index (χ1) is 24.7. The largest absolute Gasteiger partial charge is 0.493 e. The third kappa shape index (κ3) is 7.34. The second-order valence-corrected chi connectivity index (χ2v) is 13.5. The van der Waals surface area contributed by atoms with Gasteiger partial charge in [-0.2, -0.15) is 10.2 Å². The van der Waals surface area contributed by atoms with Gasteiger partial charge < -0.3 is 29.5 Å². The first-order valence-corrected chi connectivity index (χ1v) is 17.4. The van der Waals surface area contributed by atoms with Crippen LogP contribution in [0.4, 0.5) is 25.8 Å². The zero-order chi connectivity index (χ0) is 35.5. The van der Waals surface area contributed by atoms with Crippen molar-refractivity contribution in [3.63, 3.8) is 0 Å². The summed E-state index contributed by atoms with van der Waals surface area (Å²) in [6.07, 6.45) is 4.14. The van der Waals surface area contributed by atoms with Crippen molar-refractivity contribution in [2.24, 2.45) is 11.0 Å². The summed E-state index contributed by atoms with van der Waals surface area (Å²) < 4.78 is 42.7. The van der Waals surface area contributed by atoms with E-state index in [1.165, 1.54) is 18.5 Å². The second kappa shape index (κ2) is 14.8. The summed E-state index contributed by atoms with van der Waals surface area (Å²) in [7, 11) is 0. The molecule has 2 N–H and O–H groups in total. The monoisotopic (exact) mass is 702 g/mol. The topological polar surface area (TPSA) is 115 Å². The van der Waals surface area contributed by atoms with E-state index in [2.05, 4.69) is 49.2 Å². The minimum atomic E-state index is -1.02. The number of hydrogen-bond donors (Lipinski definition) is 2. The van der Waals surface area contributed by atoms with Crippen LogP contribution >= 0.6 is 0 Å². The minimum absolute atomic E-state index is 0.00784. The zero-order valence-electron chi connectivity index (χ0n) is 28.8. The van der Waals surface area contributed by atoms with E-state index < -0.39 is 29.7 Å². The number of aliphatic hydroxyl groups is 2. The molecule has 14 heteroatoms. The molecule has 0 spiro atoms. The lowest BCUT2D eigenvalue weighted by molar-refractivity contribution is -0.0425. The van der Waals surface area contributed by atoms with Crippen molar-refractivity contribution in [3.05, 3.63) is 96.6 Å². The highest BCUT2D eigenvalue weighted by Crippen LogP contribution is 2.42. The Morgan fingerprint density at radius 1 is 0.961 bits per heavy atom. The molecule has 3 aliphatic rings. The molecule has 7 rings (SSSR count). The van der Waals surface area contributed by atoms with E-state index in [-0.39, 0.29) is 18.5 Å². The van der Waals surface area contributed by atoms with Crippen LogP contribution in [-0.2, 0) is 16.9 Å². The van der Waals surface area contributed by atoms with E-state index in [1.807, 2.05) is 31.2 Å². The van der Waals surface area contributed by atoms with Gasteiger partial charge in [0.05, 0.1) is 31.9 Å². The molecule has 4 aromatic rings. The van der Waals surface area contributed by atoms with Gasteiger partial charge in [0.2, 0.25) is 6.35 Å². The predicted octanol–water partition coefficient (Wildman–Crippen LogP) is 4.39. The van der Waals surface area contributed by atoms with Crippen LogP contribution in [-0.4, -0.2) is 94.2 Å². The fraction of sp³-hybridized carbons (Fsp3) is 0.432. The lowest BCUT2D eigenvalue weighted by atomic mass is 9.87. The molecule has 5 atom stereocenters. The molecule has 51 heavy (non-hydrogen) atoms. The zero-order valence-corrected chi connectivity index (χ0v) is 28.8. The second-order valence-electron chi connectivity index (χ2n) is 13.5. The van der Waals surface area contributed by atoms with Crippen molar-refractivity contribution in [2.45, 2.75) is 57.3 Å². The van der Waals surface area contributed by atoms with Gasteiger partial charge in [-0.1, -0.05) is 13.0 Å². The third-order valence-corrected chi connectivity index (χ3v) is 10.1. The molecule has 1 aromatic heterocycles. The quantitative estimate of drug-likeness (QED) is 0.220. The predicted molar refractivity (Wildman–Crippen MR) is 189 cm³/mol. The van der Waals surface area contributed by atoms with Crippen LogP contribution in [0.25, 0.3) is 0 Å². The minimum Gasteiger partial charge on any atom is -0.493 e. The van der Waals surface area contributed by atoms with E-state index >= 15 is 0 Å². The average Bonchev–Trinajstić information content (AvgIpc) is 3.90. The van der Waals surface area contributed by atoms with Gasteiger partial charge in [-0.25, -0.2) is 23.5 Å². The SMILES string of the molecule is CCC([C@H](C)O)N1N=CN(c2ccc(N3CCN(c4ccc(OC[C@@H]5CO[C@@](Cn6cncn6)(c6ccc(F)cc6F)C5)cc4)CC3)cc2)C1O. The van der Waals surface area contributed by atoms with Gasteiger partial charge in [-0.3, -0.25) is 4.90 Å². The van der Waals surface area contributed by atoms with E-state index in [4.69, 9.17) is 9.47 Å². The fourth-order valence-electron chi connectivity index (χ4n) is 7.38. The number of hydrogen-bond acceptors (Lipinski definition) is 11. The van der Waals surface area contributed by atoms with Crippen LogP contribution in [0.1, 0.15) is 32.3 Å². The maximum atomic E-state index is 15.0. The number of benzene rings is 3. The normalized spacial score (nSPS) is 23.3. The number of nitrogens with zero attached hydrogens (tertiary/aromatic N) is 8. The van der Waals surface area contributed by atoms with Gasteiger partial charge in [0.25, 0.3) is 0 Å². The van der Waals surface area contributed by atoms with Gasteiger partial charge >= 0.3 is 0 Å². The van der Waals surface area contributed by atoms with E-state index in [1.54, 1.807) is 34.2 Å². The van der Waals surface area contributed by atoms with Crippen molar-refractivity contribution in [3.8, 4) is 5.75 Å². The number of piperazine rings is 1. The highest BCUT2D eigenvalue weighted by Gasteiger charge is 2.45. The Hall–Kier alpha value is -4.79. The Balaban J connectivity index is 0.905. The summed E-state index contributed by atoms with van der Waals surface area (Å²) in [5, 5.41) is 31.1. The number of rotatable bonds is 12. The van der Waals surface area contributed by atoms with Crippen molar-refractivity contribution in [2.75, 3.05) is 54.1 Å². The van der Waals surface area contributed by atoms with Crippen molar-refractivity contribution in [1.29, 1.82) is 0 Å². The van der Waals surface area contributed by atoms with Crippen LogP contribution in [0.2, 0.25) is 0 Å². The van der Waals surface area contributed by atoms with Crippen LogP contribution < -0.4 is 19.4 Å². The van der Waals surface area contributed by atoms with Crippen molar-refractivity contribution < 1.29 is 28.5 Å². The maximum Gasteiger partial charge on any atom is 0.228 e. The average molecular weight is 703 g/mol.